The molecule has 2 aromatic carbocycles. The van der Waals surface area contributed by atoms with Crippen molar-refractivity contribution in [2.24, 2.45) is 5.10 Å². The standard InChI is InChI=1S/C13H9BrClFN2/c14-11-6-9(7-12(16)13(11)15)8-17-18-10-4-2-1-3-5-10/h1-8,18H. The van der Waals surface area contributed by atoms with Crippen molar-refractivity contribution in [3.8, 4) is 0 Å². The van der Waals surface area contributed by atoms with Crippen molar-refractivity contribution in [2.45, 2.75) is 0 Å². The predicted molar refractivity (Wildman–Crippen MR) is 76.8 cm³/mol. The van der Waals surface area contributed by atoms with Crippen LogP contribution in [-0.4, -0.2) is 6.21 Å². The van der Waals surface area contributed by atoms with Gasteiger partial charge in [0.05, 0.1) is 16.9 Å². The van der Waals surface area contributed by atoms with E-state index in [0.29, 0.717) is 10.0 Å². The zero-order valence-corrected chi connectivity index (χ0v) is 11.5. The Morgan fingerprint density at radius 1 is 1.22 bits per heavy atom. The van der Waals surface area contributed by atoms with Crippen LogP contribution in [0.1, 0.15) is 5.56 Å². The molecule has 0 fully saturated rings. The molecule has 0 amide bonds. The first-order valence-corrected chi connectivity index (χ1v) is 6.32. The zero-order chi connectivity index (χ0) is 13.0. The van der Waals surface area contributed by atoms with E-state index in [1.54, 1.807) is 6.07 Å². The molecule has 0 aliphatic rings. The Bertz CT molecular complexity index is 549. The third-order valence-electron chi connectivity index (χ3n) is 2.19. The highest BCUT2D eigenvalue weighted by Gasteiger charge is 2.05. The third kappa shape index (κ3) is 3.31. The lowest BCUT2D eigenvalue weighted by Gasteiger charge is -2.01. The van der Waals surface area contributed by atoms with Crippen molar-refractivity contribution in [2.75, 3.05) is 5.43 Å². The van der Waals surface area contributed by atoms with Gasteiger partial charge in [0.25, 0.3) is 0 Å². The Morgan fingerprint density at radius 3 is 2.61 bits per heavy atom. The first-order valence-electron chi connectivity index (χ1n) is 5.15. The fourth-order valence-electron chi connectivity index (χ4n) is 1.34. The maximum absolute atomic E-state index is 13.3. The van der Waals surface area contributed by atoms with Crippen LogP contribution in [0.25, 0.3) is 0 Å². The summed E-state index contributed by atoms with van der Waals surface area (Å²) in [7, 11) is 0. The molecule has 0 spiro atoms. The van der Waals surface area contributed by atoms with Crippen LogP contribution in [0.5, 0.6) is 0 Å². The molecule has 0 saturated carbocycles. The highest BCUT2D eigenvalue weighted by Crippen LogP contribution is 2.26. The van der Waals surface area contributed by atoms with Crippen LogP contribution < -0.4 is 5.43 Å². The quantitative estimate of drug-likeness (QED) is 0.494. The SMILES string of the molecule is Fc1cc(C=NNc2ccccc2)cc(Br)c1Cl. The molecule has 0 radical (unpaired) electrons. The highest BCUT2D eigenvalue weighted by atomic mass is 79.9. The highest BCUT2D eigenvalue weighted by molar-refractivity contribution is 9.10. The summed E-state index contributed by atoms with van der Waals surface area (Å²) in [5.74, 6) is -0.479. The van der Waals surface area contributed by atoms with Gasteiger partial charge in [-0.1, -0.05) is 29.8 Å². The van der Waals surface area contributed by atoms with Gasteiger partial charge in [-0.3, -0.25) is 5.43 Å². The van der Waals surface area contributed by atoms with Crippen molar-refractivity contribution in [3.63, 3.8) is 0 Å². The van der Waals surface area contributed by atoms with Gasteiger partial charge in [0, 0.05) is 4.47 Å². The smallest absolute Gasteiger partial charge is 0.143 e. The zero-order valence-electron chi connectivity index (χ0n) is 9.20. The van der Waals surface area contributed by atoms with Crippen LogP contribution >= 0.6 is 27.5 Å². The fraction of sp³-hybridized carbons (Fsp3) is 0. The summed E-state index contributed by atoms with van der Waals surface area (Å²) in [4.78, 5) is 0. The molecule has 0 unspecified atom stereocenters. The molecule has 92 valence electrons. The lowest BCUT2D eigenvalue weighted by molar-refractivity contribution is 0.627. The number of hydrogen-bond donors (Lipinski definition) is 1. The number of rotatable bonds is 3. The largest absolute Gasteiger partial charge is 0.279 e. The monoisotopic (exact) mass is 326 g/mol. The summed E-state index contributed by atoms with van der Waals surface area (Å²) in [6.45, 7) is 0. The van der Waals surface area contributed by atoms with E-state index in [0.717, 1.165) is 5.69 Å². The van der Waals surface area contributed by atoms with Gasteiger partial charge in [0.1, 0.15) is 5.82 Å². The molecule has 18 heavy (non-hydrogen) atoms. The maximum Gasteiger partial charge on any atom is 0.143 e. The molecular formula is C13H9BrClFN2. The predicted octanol–water partition coefficient (Wildman–Crippen LogP) is 4.69. The van der Waals surface area contributed by atoms with E-state index < -0.39 is 5.82 Å². The Hall–Kier alpha value is -1.39. The Kier molecular flexibility index (Phi) is 4.33. The molecule has 0 atom stereocenters. The van der Waals surface area contributed by atoms with Crippen molar-refractivity contribution in [1.29, 1.82) is 0 Å². The van der Waals surface area contributed by atoms with Gasteiger partial charge in [-0.2, -0.15) is 5.10 Å². The number of benzene rings is 2. The van der Waals surface area contributed by atoms with Gasteiger partial charge >= 0.3 is 0 Å². The van der Waals surface area contributed by atoms with E-state index in [1.165, 1.54) is 12.3 Å². The maximum atomic E-state index is 13.3. The molecule has 0 heterocycles. The molecule has 5 heteroatoms. The first kappa shape index (κ1) is 13.1. The summed E-state index contributed by atoms with van der Waals surface area (Å²) < 4.78 is 13.9. The number of nitrogens with one attached hydrogen (secondary N) is 1. The van der Waals surface area contributed by atoms with E-state index in [1.807, 2.05) is 30.3 Å². The second-order valence-electron chi connectivity index (χ2n) is 3.53. The molecule has 2 nitrogen and oxygen atoms in total. The fourth-order valence-corrected chi connectivity index (χ4v) is 1.91. The normalized spacial score (nSPS) is 10.8. The average molecular weight is 328 g/mol. The molecular weight excluding hydrogens is 319 g/mol. The number of hydrogen-bond acceptors (Lipinski definition) is 2. The molecule has 2 aromatic rings. The van der Waals surface area contributed by atoms with Gasteiger partial charge < -0.3 is 0 Å². The lowest BCUT2D eigenvalue weighted by atomic mass is 10.2. The second kappa shape index (κ2) is 5.98. The van der Waals surface area contributed by atoms with E-state index >= 15 is 0 Å². The van der Waals surface area contributed by atoms with E-state index in [-0.39, 0.29) is 5.02 Å². The average Bonchev–Trinajstić information content (AvgIpc) is 2.37. The molecule has 0 saturated heterocycles. The number of para-hydroxylation sites is 1. The Balaban J connectivity index is 2.10. The number of nitrogens with zero attached hydrogens (tertiary/aromatic N) is 1. The summed E-state index contributed by atoms with van der Waals surface area (Å²) in [5.41, 5.74) is 4.33. The molecule has 2 rings (SSSR count). The second-order valence-corrected chi connectivity index (χ2v) is 4.77. The van der Waals surface area contributed by atoms with Crippen LogP contribution in [0.15, 0.2) is 52.0 Å². The van der Waals surface area contributed by atoms with Crippen LogP contribution in [0, 0.1) is 5.82 Å². The van der Waals surface area contributed by atoms with Crippen molar-refractivity contribution in [3.05, 3.63) is 63.3 Å². The van der Waals surface area contributed by atoms with Crippen LogP contribution in [0.4, 0.5) is 10.1 Å². The van der Waals surface area contributed by atoms with Crippen LogP contribution in [-0.2, 0) is 0 Å². The van der Waals surface area contributed by atoms with Gasteiger partial charge in [-0.15, -0.1) is 0 Å². The minimum Gasteiger partial charge on any atom is -0.279 e. The molecule has 0 bridgehead atoms. The minimum absolute atomic E-state index is 0.0724. The Labute approximate surface area is 118 Å². The van der Waals surface area contributed by atoms with Gasteiger partial charge in [-0.05, 0) is 45.8 Å². The number of halogens is 3. The van der Waals surface area contributed by atoms with Gasteiger partial charge in [0.15, 0.2) is 0 Å². The van der Waals surface area contributed by atoms with E-state index in [9.17, 15) is 4.39 Å². The summed E-state index contributed by atoms with van der Waals surface area (Å²) in [5, 5.41) is 4.09. The van der Waals surface area contributed by atoms with E-state index in [4.69, 9.17) is 11.6 Å². The van der Waals surface area contributed by atoms with E-state index in [2.05, 4.69) is 26.5 Å². The summed E-state index contributed by atoms with van der Waals surface area (Å²) in [6.07, 6.45) is 1.52. The summed E-state index contributed by atoms with van der Waals surface area (Å²) in [6, 6.07) is 12.5. The van der Waals surface area contributed by atoms with Crippen molar-refractivity contribution >= 4 is 39.4 Å². The van der Waals surface area contributed by atoms with Crippen LogP contribution in [0.2, 0.25) is 5.02 Å². The lowest BCUT2D eigenvalue weighted by Crippen LogP contribution is -1.91. The molecule has 1 N–H and O–H groups in total. The Morgan fingerprint density at radius 2 is 1.94 bits per heavy atom. The topological polar surface area (TPSA) is 24.4 Å². The van der Waals surface area contributed by atoms with Gasteiger partial charge in [0.2, 0.25) is 0 Å². The van der Waals surface area contributed by atoms with Crippen molar-refractivity contribution < 1.29 is 4.39 Å². The summed E-state index contributed by atoms with van der Waals surface area (Å²) >= 11 is 8.88. The minimum atomic E-state index is -0.479. The molecule has 0 aliphatic heterocycles. The molecule has 0 aromatic heterocycles. The third-order valence-corrected chi connectivity index (χ3v) is 3.43. The van der Waals surface area contributed by atoms with Gasteiger partial charge in [-0.25, -0.2) is 4.39 Å². The number of hydrazone groups is 1. The number of anilines is 1. The molecule has 0 aliphatic carbocycles. The van der Waals surface area contributed by atoms with Crippen molar-refractivity contribution in [1.82, 2.24) is 0 Å². The van der Waals surface area contributed by atoms with Crippen LogP contribution in [0.3, 0.4) is 0 Å². The first-order chi connectivity index (χ1) is 8.66.